The van der Waals surface area contributed by atoms with Crippen molar-refractivity contribution in [3.63, 3.8) is 0 Å². The van der Waals surface area contributed by atoms with E-state index in [2.05, 4.69) is 12.2 Å². The van der Waals surface area contributed by atoms with E-state index in [-0.39, 0.29) is 0 Å². The van der Waals surface area contributed by atoms with Gasteiger partial charge in [0.05, 0.1) is 6.61 Å². The van der Waals surface area contributed by atoms with Crippen molar-refractivity contribution < 1.29 is 4.74 Å². The second kappa shape index (κ2) is 10.7. The lowest BCUT2D eigenvalue weighted by atomic mass is 10.1. The van der Waals surface area contributed by atoms with Crippen LogP contribution in [0, 0.1) is 0 Å². The average Bonchev–Trinajstić information content (AvgIpc) is 2.46. The highest BCUT2D eigenvalue weighted by molar-refractivity contribution is 5.47. The van der Waals surface area contributed by atoms with Gasteiger partial charge in [0.15, 0.2) is 0 Å². The Bertz CT molecular complexity index is 325. The van der Waals surface area contributed by atoms with Crippen LogP contribution in [0.2, 0.25) is 0 Å². The molecule has 0 aliphatic rings. The van der Waals surface area contributed by atoms with Gasteiger partial charge in [0, 0.05) is 18.8 Å². The number of hydrogen-bond acceptors (Lipinski definition) is 2. The van der Waals surface area contributed by atoms with Crippen molar-refractivity contribution in [2.45, 2.75) is 58.3 Å². The Morgan fingerprint density at radius 1 is 0.947 bits per heavy atom. The number of ether oxygens (including phenoxy) is 1. The summed E-state index contributed by atoms with van der Waals surface area (Å²) in [5.41, 5.74) is 1.11. The van der Waals surface area contributed by atoms with Gasteiger partial charge in [0.25, 0.3) is 0 Å². The molecule has 0 aromatic heterocycles. The molecule has 0 radical (unpaired) electrons. The van der Waals surface area contributed by atoms with Gasteiger partial charge in [-0.3, -0.25) is 0 Å². The van der Waals surface area contributed by atoms with Crippen LogP contribution in [0.15, 0.2) is 24.3 Å². The van der Waals surface area contributed by atoms with Crippen LogP contribution >= 0.6 is 0 Å². The average molecular weight is 263 g/mol. The van der Waals surface area contributed by atoms with E-state index in [1.807, 2.05) is 31.3 Å². The molecule has 1 aromatic rings. The van der Waals surface area contributed by atoms with Crippen LogP contribution in [0.5, 0.6) is 5.75 Å². The number of rotatable bonds is 11. The van der Waals surface area contributed by atoms with Gasteiger partial charge in [-0.1, -0.05) is 57.9 Å². The molecule has 0 atom stereocenters. The van der Waals surface area contributed by atoms with Crippen molar-refractivity contribution in [1.82, 2.24) is 0 Å². The van der Waals surface area contributed by atoms with Gasteiger partial charge in [-0.2, -0.15) is 0 Å². The monoisotopic (exact) mass is 263 g/mol. The van der Waals surface area contributed by atoms with Crippen LogP contribution in [0.3, 0.4) is 0 Å². The van der Waals surface area contributed by atoms with Crippen LogP contribution < -0.4 is 10.1 Å². The van der Waals surface area contributed by atoms with E-state index in [0.29, 0.717) is 0 Å². The lowest BCUT2D eigenvalue weighted by Gasteiger charge is -2.07. The van der Waals surface area contributed by atoms with E-state index in [9.17, 15) is 0 Å². The first-order chi connectivity index (χ1) is 9.36. The molecule has 1 rings (SSSR count). The lowest BCUT2D eigenvalue weighted by molar-refractivity contribution is 0.304. The summed E-state index contributed by atoms with van der Waals surface area (Å²) in [4.78, 5) is 0. The maximum Gasteiger partial charge on any atom is 0.121 e. The first kappa shape index (κ1) is 15.9. The smallest absolute Gasteiger partial charge is 0.121 e. The third kappa shape index (κ3) is 7.76. The summed E-state index contributed by atoms with van der Waals surface area (Å²) in [7, 11) is 1.93. The third-order valence-corrected chi connectivity index (χ3v) is 3.39. The van der Waals surface area contributed by atoms with Gasteiger partial charge in [0.1, 0.15) is 5.75 Å². The summed E-state index contributed by atoms with van der Waals surface area (Å²) in [5, 5.41) is 3.12. The van der Waals surface area contributed by atoms with Crippen LogP contribution in [0.25, 0.3) is 0 Å². The predicted octanol–water partition coefficient (Wildman–Crippen LogP) is 5.25. The van der Waals surface area contributed by atoms with Crippen molar-refractivity contribution in [3.8, 4) is 5.75 Å². The van der Waals surface area contributed by atoms with Crippen LogP contribution in [-0.2, 0) is 0 Å². The molecule has 0 amide bonds. The van der Waals surface area contributed by atoms with Crippen molar-refractivity contribution in [2.75, 3.05) is 19.0 Å². The van der Waals surface area contributed by atoms with Gasteiger partial charge in [-0.15, -0.1) is 0 Å². The highest BCUT2D eigenvalue weighted by Gasteiger charge is 1.96. The van der Waals surface area contributed by atoms with Crippen molar-refractivity contribution >= 4 is 5.69 Å². The van der Waals surface area contributed by atoms with E-state index >= 15 is 0 Å². The minimum atomic E-state index is 0.835. The lowest BCUT2D eigenvalue weighted by Crippen LogP contribution is -1.98. The molecule has 1 N–H and O–H groups in total. The molecular formula is C17H29NO. The molecule has 1 aromatic carbocycles. The third-order valence-electron chi connectivity index (χ3n) is 3.39. The van der Waals surface area contributed by atoms with Gasteiger partial charge >= 0.3 is 0 Å². The van der Waals surface area contributed by atoms with E-state index in [0.717, 1.165) is 24.5 Å². The molecule has 0 aliphatic carbocycles. The zero-order valence-electron chi connectivity index (χ0n) is 12.6. The summed E-state index contributed by atoms with van der Waals surface area (Å²) in [6.45, 7) is 3.10. The molecule has 2 heteroatoms. The van der Waals surface area contributed by atoms with Gasteiger partial charge in [-0.25, -0.2) is 0 Å². The highest BCUT2D eigenvalue weighted by Crippen LogP contribution is 2.17. The molecule has 0 heterocycles. The van der Waals surface area contributed by atoms with Crippen molar-refractivity contribution in [1.29, 1.82) is 0 Å². The Kier molecular flexibility index (Phi) is 8.95. The van der Waals surface area contributed by atoms with Crippen LogP contribution in [0.1, 0.15) is 58.3 Å². The first-order valence-corrected chi connectivity index (χ1v) is 7.77. The van der Waals surface area contributed by atoms with Gasteiger partial charge in [-0.05, 0) is 18.6 Å². The van der Waals surface area contributed by atoms with Gasteiger partial charge in [0.2, 0.25) is 0 Å². The highest BCUT2D eigenvalue weighted by atomic mass is 16.5. The summed E-state index contributed by atoms with van der Waals surface area (Å²) >= 11 is 0. The topological polar surface area (TPSA) is 21.3 Å². The van der Waals surface area contributed by atoms with Crippen LogP contribution in [-0.4, -0.2) is 13.7 Å². The van der Waals surface area contributed by atoms with Crippen molar-refractivity contribution in [3.05, 3.63) is 24.3 Å². The number of benzene rings is 1. The Hall–Kier alpha value is -1.18. The summed E-state index contributed by atoms with van der Waals surface area (Å²) in [6, 6.07) is 8.13. The van der Waals surface area contributed by atoms with Crippen LogP contribution in [0.4, 0.5) is 5.69 Å². The summed E-state index contributed by atoms with van der Waals surface area (Å²) in [5.74, 6) is 0.967. The molecular weight excluding hydrogens is 234 g/mol. The number of unbranched alkanes of at least 4 members (excludes halogenated alkanes) is 7. The fraction of sp³-hybridized carbons (Fsp3) is 0.647. The largest absolute Gasteiger partial charge is 0.494 e. The SMILES string of the molecule is CCCCCCCCCCOc1cccc(NC)c1. The van der Waals surface area contributed by atoms with E-state index in [1.165, 1.54) is 44.9 Å². The molecule has 0 saturated carbocycles. The summed E-state index contributed by atoms with van der Waals surface area (Å²) in [6.07, 6.45) is 10.7. The maximum atomic E-state index is 5.75. The molecule has 0 unspecified atom stereocenters. The molecule has 0 fully saturated rings. The number of nitrogens with one attached hydrogen (secondary N) is 1. The zero-order valence-corrected chi connectivity index (χ0v) is 12.6. The van der Waals surface area contributed by atoms with E-state index < -0.39 is 0 Å². The Labute approximate surface area is 118 Å². The Balaban J connectivity index is 1.98. The summed E-state index contributed by atoms with van der Waals surface area (Å²) < 4.78 is 5.75. The molecule has 19 heavy (non-hydrogen) atoms. The quantitative estimate of drug-likeness (QED) is 0.551. The Morgan fingerprint density at radius 3 is 2.32 bits per heavy atom. The maximum absolute atomic E-state index is 5.75. The normalized spacial score (nSPS) is 10.4. The van der Waals surface area contributed by atoms with Crippen molar-refractivity contribution in [2.24, 2.45) is 0 Å². The minimum absolute atomic E-state index is 0.835. The van der Waals surface area contributed by atoms with E-state index in [1.54, 1.807) is 0 Å². The minimum Gasteiger partial charge on any atom is -0.494 e. The predicted molar refractivity (Wildman–Crippen MR) is 84.1 cm³/mol. The molecule has 0 aliphatic heterocycles. The Morgan fingerprint density at radius 2 is 1.63 bits per heavy atom. The van der Waals surface area contributed by atoms with E-state index in [4.69, 9.17) is 4.74 Å². The standard InChI is InChI=1S/C17H29NO/c1-3-4-5-6-7-8-9-10-14-19-17-13-11-12-16(15-17)18-2/h11-13,15,18H,3-10,14H2,1-2H3. The fourth-order valence-electron chi connectivity index (χ4n) is 2.17. The molecule has 0 bridgehead atoms. The molecule has 0 spiro atoms. The number of anilines is 1. The first-order valence-electron chi connectivity index (χ1n) is 7.77. The zero-order chi connectivity index (χ0) is 13.8. The molecule has 2 nitrogen and oxygen atoms in total. The fourth-order valence-corrected chi connectivity index (χ4v) is 2.17. The molecule has 0 saturated heterocycles. The van der Waals surface area contributed by atoms with Gasteiger partial charge < -0.3 is 10.1 Å². The number of hydrogen-bond donors (Lipinski definition) is 1. The molecule has 108 valence electrons. The second-order valence-corrected chi connectivity index (χ2v) is 5.10. The second-order valence-electron chi connectivity index (χ2n) is 5.10.